The zero-order chi connectivity index (χ0) is 19.4. The number of rotatable bonds is 5. The number of hydrogen-bond donors (Lipinski definition) is 1. The molecule has 3 rings (SSSR count). The van der Waals surface area contributed by atoms with Gasteiger partial charge in [-0.1, -0.05) is 30.0 Å². The van der Waals surface area contributed by atoms with Crippen LogP contribution in [0, 0.1) is 25.2 Å². The fourth-order valence-electron chi connectivity index (χ4n) is 3.44. The van der Waals surface area contributed by atoms with Crippen LogP contribution in [0.25, 0.3) is 0 Å². The van der Waals surface area contributed by atoms with Gasteiger partial charge in [0.2, 0.25) is 5.91 Å². The summed E-state index contributed by atoms with van der Waals surface area (Å²) in [6, 6.07) is 8.64. The van der Waals surface area contributed by atoms with E-state index in [-0.39, 0.29) is 17.7 Å². The number of nitriles is 1. The van der Waals surface area contributed by atoms with Crippen LogP contribution < -0.4 is 5.32 Å². The van der Waals surface area contributed by atoms with Gasteiger partial charge in [-0.25, -0.2) is 9.97 Å². The smallest absolute Gasteiger partial charge is 0.230 e. The van der Waals surface area contributed by atoms with E-state index in [0.717, 1.165) is 18.4 Å². The van der Waals surface area contributed by atoms with Crippen LogP contribution in [0.5, 0.6) is 0 Å². The lowest BCUT2D eigenvalue weighted by atomic mass is 9.89. The lowest BCUT2D eigenvalue weighted by molar-refractivity contribution is -0.119. The summed E-state index contributed by atoms with van der Waals surface area (Å²) >= 11 is 1.28. The van der Waals surface area contributed by atoms with E-state index in [2.05, 4.69) is 39.6 Å². The van der Waals surface area contributed by atoms with Crippen molar-refractivity contribution < 1.29 is 4.79 Å². The lowest BCUT2D eigenvalue weighted by Crippen LogP contribution is -2.28. The summed E-state index contributed by atoms with van der Waals surface area (Å²) in [6.45, 7) is 5.58. The molecule has 0 saturated carbocycles. The second-order valence-corrected chi connectivity index (χ2v) is 7.93. The van der Waals surface area contributed by atoms with E-state index < -0.39 is 0 Å². The van der Waals surface area contributed by atoms with Gasteiger partial charge < -0.3 is 5.32 Å². The minimum Gasteiger partial charge on any atom is -0.349 e. The molecule has 0 saturated heterocycles. The summed E-state index contributed by atoms with van der Waals surface area (Å²) < 4.78 is 0. The Balaban J connectivity index is 1.62. The van der Waals surface area contributed by atoms with Crippen LogP contribution in [0.1, 0.15) is 59.6 Å². The van der Waals surface area contributed by atoms with Crippen LogP contribution in [-0.2, 0) is 17.6 Å². The third-order valence-electron chi connectivity index (χ3n) is 4.87. The molecular formula is C21H24N4OS. The highest BCUT2D eigenvalue weighted by Crippen LogP contribution is 2.25. The topological polar surface area (TPSA) is 78.7 Å². The summed E-state index contributed by atoms with van der Waals surface area (Å²) in [4.78, 5) is 20.9. The highest BCUT2D eigenvalue weighted by atomic mass is 32.2. The first-order chi connectivity index (χ1) is 13.0. The number of fused-ring (bicyclic) bond motifs is 1. The summed E-state index contributed by atoms with van der Waals surface area (Å²) in [6.07, 6.45) is 4.80. The van der Waals surface area contributed by atoms with Gasteiger partial charge >= 0.3 is 0 Å². The minimum absolute atomic E-state index is 0.0466. The molecule has 1 amide bonds. The van der Waals surface area contributed by atoms with Crippen LogP contribution in [0.3, 0.4) is 0 Å². The molecule has 140 valence electrons. The van der Waals surface area contributed by atoms with Crippen LogP contribution in [0.4, 0.5) is 0 Å². The molecule has 0 radical (unpaired) electrons. The van der Waals surface area contributed by atoms with Crippen molar-refractivity contribution >= 4 is 17.7 Å². The van der Waals surface area contributed by atoms with Crippen molar-refractivity contribution in [2.75, 3.05) is 5.75 Å². The molecule has 0 aliphatic heterocycles. The first-order valence-corrected chi connectivity index (χ1v) is 10.3. The first kappa shape index (κ1) is 19.4. The largest absolute Gasteiger partial charge is 0.349 e. The van der Waals surface area contributed by atoms with E-state index >= 15 is 0 Å². The minimum atomic E-state index is -0.0666. The predicted octanol–water partition coefficient (Wildman–Crippen LogP) is 3.81. The molecule has 1 atom stereocenters. The highest BCUT2D eigenvalue weighted by Gasteiger charge is 2.16. The number of aryl methyl sites for hydroxylation is 4. The molecular weight excluding hydrogens is 356 g/mol. The third-order valence-corrected chi connectivity index (χ3v) is 5.85. The number of benzene rings is 1. The summed E-state index contributed by atoms with van der Waals surface area (Å²) in [5.41, 5.74) is 5.09. The van der Waals surface area contributed by atoms with E-state index in [1.165, 1.54) is 35.7 Å². The van der Waals surface area contributed by atoms with Crippen molar-refractivity contribution in [3.05, 3.63) is 52.0 Å². The molecule has 1 unspecified atom stereocenters. The van der Waals surface area contributed by atoms with Crippen molar-refractivity contribution in [3.8, 4) is 6.07 Å². The zero-order valence-electron chi connectivity index (χ0n) is 16.0. The molecule has 1 aliphatic rings. The Hall–Kier alpha value is -2.39. The third kappa shape index (κ3) is 4.67. The Morgan fingerprint density at radius 1 is 1.26 bits per heavy atom. The van der Waals surface area contributed by atoms with Gasteiger partial charge in [0.15, 0.2) is 0 Å². The van der Waals surface area contributed by atoms with Crippen molar-refractivity contribution in [3.63, 3.8) is 0 Å². The lowest BCUT2D eigenvalue weighted by Gasteiger charge is -2.20. The number of nitrogens with zero attached hydrogens (tertiary/aromatic N) is 3. The maximum absolute atomic E-state index is 12.4. The second-order valence-electron chi connectivity index (χ2n) is 6.96. The quantitative estimate of drug-likeness (QED) is 0.630. The zero-order valence-corrected chi connectivity index (χ0v) is 16.8. The fourth-order valence-corrected chi connectivity index (χ4v) is 4.32. The van der Waals surface area contributed by atoms with Crippen molar-refractivity contribution in [2.45, 2.75) is 57.5 Å². The second kappa shape index (κ2) is 8.53. The number of nitrogens with one attached hydrogen (secondary N) is 1. The first-order valence-electron chi connectivity index (χ1n) is 9.27. The van der Waals surface area contributed by atoms with Gasteiger partial charge in [0.1, 0.15) is 22.5 Å². The summed E-state index contributed by atoms with van der Waals surface area (Å²) in [5, 5.41) is 12.9. The highest BCUT2D eigenvalue weighted by molar-refractivity contribution is 8.00. The number of hydrogen-bond acceptors (Lipinski definition) is 5. The molecule has 5 nitrogen and oxygen atoms in total. The number of carbonyl (C=O) groups excluding carboxylic acids is 1. The molecule has 6 heteroatoms. The molecule has 27 heavy (non-hydrogen) atoms. The number of amides is 1. The van der Waals surface area contributed by atoms with E-state index in [4.69, 9.17) is 0 Å². The number of carbonyl (C=O) groups is 1. The van der Waals surface area contributed by atoms with Crippen LogP contribution >= 0.6 is 11.8 Å². The Morgan fingerprint density at radius 3 is 2.74 bits per heavy atom. The van der Waals surface area contributed by atoms with Gasteiger partial charge in [-0.2, -0.15) is 5.26 Å². The van der Waals surface area contributed by atoms with E-state index in [1.807, 2.05) is 6.92 Å². The van der Waals surface area contributed by atoms with Crippen LogP contribution in [0.15, 0.2) is 23.2 Å². The van der Waals surface area contributed by atoms with Gasteiger partial charge in [-0.3, -0.25) is 4.79 Å². The average molecular weight is 381 g/mol. The molecule has 0 spiro atoms. The number of thioether (sulfide) groups is 1. The maximum atomic E-state index is 12.4. The molecule has 1 aromatic heterocycles. The van der Waals surface area contributed by atoms with Gasteiger partial charge in [0.25, 0.3) is 0 Å². The van der Waals surface area contributed by atoms with E-state index in [9.17, 15) is 10.1 Å². The predicted molar refractivity (Wildman–Crippen MR) is 107 cm³/mol. The van der Waals surface area contributed by atoms with Gasteiger partial charge in [0, 0.05) is 0 Å². The van der Waals surface area contributed by atoms with Gasteiger partial charge in [-0.15, -0.1) is 0 Å². The van der Waals surface area contributed by atoms with Gasteiger partial charge in [-0.05, 0) is 63.1 Å². The van der Waals surface area contributed by atoms with Crippen LogP contribution in [-0.4, -0.2) is 21.6 Å². The van der Waals surface area contributed by atoms with E-state index in [0.29, 0.717) is 22.1 Å². The summed E-state index contributed by atoms with van der Waals surface area (Å²) in [7, 11) is 0. The Labute approximate surface area is 164 Å². The molecule has 1 aromatic carbocycles. The van der Waals surface area contributed by atoms with Crippen molar-refractivity contribution in [1.82, 2.24) is 15.3 Å². The molecule has 0 fully saturated rings. The summed E-state index contributed by atoms with van der Waals surface area (Å²) in [5.74, 6) is 0.764. The average Bonchev–Trinajstić information content (AvgIpc) is 2.65. The molecule has 1 aliphatic carbocycles. The maximum Gasteiger partial charge on any atom is 0.230 e. The fraction of sp³-hybridized carbons (Fsp3) is 0.429. The standard InChI is InChI=1S/C21H24N4OS/c1-13(17-9-8-16-6-4-5-7-18(16)10-17)24-20(26)12-27-21-19(11-22)14(2)23-15(3)25-21/h8-10,13H,4-7,12H2,1-3H3,(H,24,26). The Bertz CT molecular complexity index is 904. The van der Waals surface area contributed by atoms with Gasteiger partial charge in [0.05, 0.1) is 17.5 Å². The Kier molecular flexibility index (Phi) is 6.12. The normalized spacial score (nSPS) is 14.1. The molecule has 1 heterocycles. The molecule has 1 N–H and O–H groups in total. The Morgan fingerprint density at radius 2 is 2.00 bits per heavy atom. The SMILES string of the molecule is Cc1nc(C)c(C#N)c(SCC(=O)NC(C)c2ccc3c(c2)CCCC3)n1. The molecule has 2 aromatic rings. The van der Waals surface area contributed by atoms with E-state index in [1.54, 1.807) is 13.8 Å². The number of aromatic nitrogens is 2. The van der Waals surface area contributed by atoms with Crippen LogP contribution in [0.2, 0.25) is 0 Å². The monoisotopic (exact) mass is 380 g/mol. The van der Waals surface area contributed by atoms with Crippen molar-refractivity contribution in [2.24, 2.45) is 0 Å². The van der Waals surface area contributed by atoms with Crippen molar-refractivity contribution in [1.29, 1.82) is 5.26 Å². The molecule has 0 bridgehead atoms.